The summed E-state index contributed by atoms with van der Waals surface area (Å²) in [5.41, 5.74) is 4.37. The summed E-state index contributed by atoms with van der Waals surface area (Å²) >= 11 is 0. The first-order chi connectivity index (χ1) is 7.86. The summed E-state index contributed by atoms with van der Waals surface area (Å²) < 4.78 is 37.9. The highest BCUT2D eigenvalue weighted by molar-refractivity contribution is 5.98. The summed E-state index contributed by atoms with van der Waals surface area (Å²) in [6.45, 7) is 1.79. The topological polar surface area (TPSA) is 43.1 Å². The number of hydrogen-bond acceptors (Lipinski definition) is 2. The normalized spacial score (nSPS) is 13.5. The van der Waals surface area contributed by atoms with Crippen molar-refractivity contribution in [2.24, 2.45) is 5.73 Å². The molecule has 2 N–H and O–H groups in total. The van der Waals surface area contributed by atoms with Crippen LogP contribution in [0.25, 0.3) is 0 Å². The largest absolute Gasteiger partial charge is 0.417 e. The molecule has 94 valence electrons. The molecule has 0 aliphatic carbocycles. The second-order valence-corrected chi connectivity index (χ2v) is 3.84. The molecule has 2 nitrogen and oxygen atoms in total. The van der Waals surface area contributed by atoms with Gasteiger partial charge in [-0.1, -0.05) is 25.1 Å². The lowest BCUT2D eigenvalue weighted by atomic mass is 9.98. The molecule has 0 aliphatic rings. The number of carbonyl (C=O) groups excluding carboxylic acids is 1. The molecule has 17 heavy (non-hydrogen) atoms. The quantitative estimate of drug-likeness (QED) is 0.828. The van der Waals surface area contributed by atoms with E-state index in [1.165, 1.54) is 18.2 Å². The molecule has 0 fully saturated rings. The molecule has 1 atom stereocenters. The van der Waals surface area contributed by atoms with Crippen LogP contribution < -0.4 is 5.73 Å². The van der Waals surface area contributed by atoms with E-state index in [-0.39, 0.29) is 12.0 Å². The molecular formula is C12H14F3NO. The summed E-state index contributed by atoms with van der Waals surface area (Å²) in [5.74, 6) is -0.563. The number of benzene rings is 1. The Labute approximate surface area is 97.6 Å². The van der Waals surface area contributed by atoms with Gasteiger partial charge in [-0.2, -0.15) is 13.2 Å². The summed E-state index contributed by atoms with van der Waals surface area (Å²) in [7, 11) is 0. The van der Waals surface area contributed by atoms with Crippen LogP contribution in [0.3, 0.4) is 0 Å². The van der Waals surface area contributed by atoms with Crippen molar-refractivity contribution in [1.29, 1.82) is 0 Å². The smallest absolute Gasteiger partial charge is 0.327 e. The Kier molecular flexibility index (Phi) is 4.28. The van der Waals surface area contributed by atoms with Crippen molar-refractivity contribution in [2.75, 3.05) is 0 Å². The molecule has 0 amide bonds. The van der Waals surface area contributed by atoms with Crippen molar-refractivity contribution in [2.45, 2.75) is 32.0 Å². The Balaban J connectivity index is 3.02. The van der Waals surface area contributed by atoms with Crippen LogP contribution in [0.5, 0.6) is 0 Å². The average molecular weight is 245 g/mol. The number of hydrogen-bond donors (Lipinski definition) is 1. The highest BCUT2D eigenvalue weighted by Gasteiger charge is 2.34. The first-order valence-corrected chi connectivity index (χ1v) is 5.31. The molecule has 0 bridgehead atoms. The van der Waals surface area contributed by atoms with Crippen LogP contribution in [0.1, 0.15) is 35.7 Å². The Morgan fingerprint density at radius 2 is 1.94 bits per heavy atom. The second-order valence-electron chi connectivity index (χ2n) is 3.84. The van der Waals surface area contributed by atoms with Crippen molar-refractivity contribution in [3.63, 3.8) is 0 Å². The maximum Gasteiger partial charge on any atom is 0.417 e. The van der Waals surface area contributed by atoms with Crippen molar-refractivity contribution in [3.05, 3.63) is 35.4 Å². The van der Waals surface area contributed by atoms with Gasteiger partial charge < -0.3 is 5.73 Å². The van der Waals surface area contributed by atoms with E-state index < -0.39 is 23.6 Å². The summed E-state index contributed by atoms with van der Waals surface area (Å²) in [6.07, 6.45) is -4.02. The average Bonchev–Trinajstić information content (AvgIpc) is 2.27. The molecule has 1 aromatic carbocycles. The van der Waals surface area contributed by atoms with E-state index in [4.69, 9.17) is 5.73 Å². The maximum atomic E-state index is 12.6. The number of rotatable bonds is 4. The Bertz CT molecular complexity index is 401. The Morgan fingerprint density at radius 1 is 1.35 bits per heavy atom. The van der Waals surface area contributed by atoms with E-state index in [9.17, 15) is 18.0 Å². The van der Waals surface area contributed by atoms with Crippen LogP contribution in [0.4, 0.5) is 13.2 Å². The van der Waals surface area contributed by atoms with E-state index in [0.29, 0.717) is 6.42 Å². The molecule has 0 aliphatic heterocycles. The number of ketones is 1. The third-order valence-corrected chi connectivity index (χ3v) is 2.50. The SMILES string of the molecule is CCC(N)CC(=O)c1ccccc1C(F)(F)F. The van der Waals surface area contributed by atoms with Gasteiger partial charge >= 0.3 is 6.18 Å². The third kappa shape index (κ3) is 3.56. The molecule has 0 aromatic heterocycles. The van der Waals surface area contributed by atoms with Gasteiger partial charge in [0.2, 0.25) is 0 Å². The maximum absolute atomic E-state index is 12.6. The van der Waals surface area contributed by atoms with Crippen LogP contribution in [0.15, 0.2) is 24.3 Å². The van der Waals surface area contributed by atoms with Gasteiger partial charge in [-0.25, -0.2) is 0 Å². The van der Waals surface area contributed by atoms with E-state index >= 15 is 0 Å². The fraction of sp³-hybridized carbons (Fsp3) is 0.417. The summed E-state index contributed by atoms with van der Waals surface area (Å²) in [4.78, 5) is 11.7. The van der Waals surface area contributed by atoms with Crippen molar-refractivity contribution < 1.29 is 18.0 Å². The molecule has 0 heterocycles. The number of nitrogens with two attached hydrogens (primary N) is 1. The Hall–Kier alpha value is -1.36. The lowest BCUT2D eigenvalue weighted by Crippen LogP contribution is -2.24. The van der Waals surface area contributed by atoms with Crippen LogP contribution in [0.2, 0.25) is 0 Å². The van der Waals surface area contributed by atoms with Gasteiger partial charge in [0, 0.05) is 18.0 Å². The second kappa shape index (κ2) is 5.31. The van der Waals surface area contributed by atoms with Gasteiger partial charge in [-0.3, -0.25) is 4.79 Å². The summed E-state index contributed by atoms with van der Waals surface area (Å²) in [6, 6.07) is 4.38. The van der Waals surface area contributed by atoms with E-state index in [2.05, 4.69) is 0 Å². The number of halogens is 3. The van der Waals surface area contributed by atoms with Gasteiger partial charge in [0.25, 0.3) is 0 Å². The molecule has 0 saturated heterocycles. The third-order valence-electron chi connectivity index (χ3n) is 2.50. The van der Waals surface area contributed by atoms with Crippen molar-refractivity contribution >= 4 is 5.78 Å². The molecule has 0 saturated carbocycles. The minimum absolute atomic E-state index is 0.0659. The van der Waals surface area contributed by atoms with Gasteiger partial charge in [0.15, 0.2) is 5.78 Å². The van der Waals surface area contributed by atoms with Gasteiger partial charge in [-0.15, -0.1) is 0 Å². The standard InChI is InChI=1S/C12H14F3NO/c1-2-8(16)7-11(17)9-5-3-4-6-10(9)12(13,14)15/h3-6,8H,2,7,16H2,1H3. The molecule has 1 unspecified atom stereocenters. The van der Waals surface area contributed by atoms with Crippen molar-refractivity contribution in [1.82, 2.24) is 0 Å². The van der Waals surface area contributed by atoms with Gasteiger partial charge in [0.1, 0.15) is 0 Å². The summed E-state index contributed by atoms with van der Waals surface area (Å²) in [5, 5.41) is 0. The molecule has 5 heteroatoms. The predicted octanol–water partition coefficient (Wildman–Crippen LogP) is 3.02. The van der Waals surface area contributed by atoms with Crippen molar-refractivity contribution in [3.8, 4) is 0 Å². The van der Waals surface area contributed by atoms with Gasteiger partial charge in [0.05, 0.1) is 5.56 Å². The minimum atomic E-state index is -4.51. The molecular weight excluding hydrogens is 231 g/mol. The fourth-order valence-electron chi connectivity index (χ4n) is 1.47. The molecule has 0 spiro atoms. The van der Waals surface area contributed by atoms with E-state index in [1.807, 2.05) is 0 Å². The number of alkyl halides is 3. The lowest BCUT2D eigenvalue weighted by molar-refractivity contribution is -0.137. The van der Waals surface area contributed by atoms with Gasteiger partial charge in [-0.05, 0) is 12.5 Å². The lowest BCUT2D eigenvalue weighted by Gasteiger charge is -2.13. The zero-order valence-electron chi connectivity index (χ0n) is 9.42. The highest BCUT2D eigenvalue weighted by Crippen LogP contribution is 2.32. The van der Waals surface area contributed by atoms with Crippen LogP contribution in [-0.4, -0.2) is 11.8 Å². The molecule has 1 rings (SSSR count). The van der Waals surface area contributed by atoms with E-state index in [0.717, 1.165) is 6.07 Å². The van der Waals surface area contributed by atoms with Crippen LogP contribution in [0, 0.1) is 0 Å². The Morgan fingerprint density at radius 3 is 2.47 bits per heavy atom. The number of carbonyl (C=O) groups is 1. The molecule has 0 radical (unpaired) electrons. The first-order valence-electron chi connectivity index (χ1n) is 5.31. The first kappa shape index (κ1) is 13.7. The predicted molar refractivity (Wildman–Crippen MR) is 58.7 cm³/mol. The van der Waals surface area contributed by atoms with Crippen LogP contribution >= 0.6 is 0 Å². The van der Waals surface area contributed by atoms with E-state index in [1.54, 1.807) is 6.92 Å². The van der Waals surface area contributed by atoms with Crippen LogP contribution in [-0.2, 0) is 6.18 Å². The highest BCUT2D eigenvalue weighted by atomic mass is 19.4. The number of Topliss-reactive ketones (excluding diaryl/α,β-unsaturated/α-hetero) is 1. The zero-order valence-corrected chi connectivity index (χ0v) is 9.42. The minimum Gasteiger partial charge on any atom is -0.327 e. The monoisotopic (exact) mass is 245 g/mol. The molecule has 1 aromatic rings. The zero-order chi connectivity index (χ0) is 13.1. The fourth-order valence-corrected chi connectivity index (χ4v) is 1.47.